The van der Waals surface area contributed by atoms with Crippen molar-refractivity contribution in [1.29, 1.82) is 0 Å². The van der Waals surface area contributed by atoms with Crippen LogP contribution in [0.4, 0.5) is 13.2 Å². The number of hydrogen-bond acceptors (Lipinski definition) is 3. The fourth-order valence-electron chi connectivity index (χ4n) is 2.66. The van der Waals surface area contributed by atoms with Gasteiger partial charge in [-0.2, -0.15) is 13.2 Å². The lowest BCUT2D eigenvalue weighted by Crippen LogP contribution is -2.57. The average Bonchev–Trinajstić information content (AvgIpc) is 2.47. The van der Waals surface area contributed by atoms with Crippen molar-refractivity contribution >= 4 is 0 Å². The molecule has 0 spiro atoms. The topological polar surface area (TPSA) is 35.5 Å². The maximum Gasteiger partial charge on any atom is 0.401 e. The number of likely N-dealkylation sites (tertiary alicyclic amines) is 1. The van der Waals surface area contributed by atoms with Gasteiger partial charge in [0.1, 0.15) is 0 Å². The monoisotopic (exact) mass is 302 g/mol. The zero-order valence-electron chi connectivity index (χ0n) is 11.9. The molecule has 0 amide bonds. The Kier molecular flexibility index (Phi) is 5.24. The maximum absolute atomic E-state index is 12.3. The smallest absolute Gasteiger partial charge is 0.394 e. The van der Waals surface area contributed by atoms with Crippen molar-refractivity contribution in [1.82, 2.24) is 10.2 Å². The zero-order chi connectivity index (χ0) is 15.3. The van der Waals surface area contributed by atoms with Gasteiger partial charge in [-0.3, -0.25) is 4.90 Å². The third-order valence-corrected chi connectivity index (χ3v) is 4.03. The van der Waals surface area contributed by atoms with Crippen molar-refractivity contribution in [3.05, 3.63) is 35.9 Å². The maximum atomic E-state index is 12.3. The largest absolute Gasteiger partial charge is 0.401 e. The van der Waals surface area contributed by atoms with Gasteiger partial charge >= 0.3 is 6.18 Å². The summed E-state index contributed by atoms with van der Waals surface area (Å²) in [6, 6.07) is 9.98. The molecule has 3 nitrogen and oxygen atoms in total. The molecule has 2 rings (SSSR count). The molecule has 1 aromatic carbocycles. The molecule has 1 fully saturated rings. The van der Waals surface area contributed by atoms with E-state index in [1.807, 2.05) is 30.3 Å². The summed E-state index contributed by atoms with van der Waals surface area (Å²) in [5, 5.41) is 12.0. The SMILES string of the molecule is OCC1(NCC(F)(F)F)CCN(Cc2ccccc2)CC1. The van der Waals surface area contributed by atoms with E-state index in [-0.39, 0.29) is 6.61 Å². The molecule has 1 heterocycles. The van der Waals surface area contributed by atoms with Gasteiger partial charge in [-0.05, 0) is 18.4 Å². The van der Waals surface area contributed by atoms with E-state index in [1.54, 1.807) is 0 Å². The fourth-order valence-corrected chi connectivity index (χ4v) is 2.66. The van der Waals surface area contributed by atoms with Gasteiger partial charge < -0.3 is 10.4 Å². The standard InChI is InChI=1S/C15H21F3N2O/c16-15(17,18)11-19-14(12-21)6-8-20(9-7-14)10-13-4-2-1-3-5-13/h1-5,19,21H,6-12H2. The molecule has 0 aromatic heterocycles. The summed E-state index contributed by atoms with van der Waals surface area (Å²) in [7, 11) is 0. The second-order valence-electron chi connectivity index (χ2n) is 5.67. The van der Waals surface area contributed by atoms with E-state index in [2.05, 4.69) is 10.2 Å². The second kappa shape index (κ2) is 6.77. The third-order valence-electron chi connectivity index (χ3n) is 4.03. The molecule has 6 heteroatoms. The number of hydrogen-bond donors (Lipinski definition) is 2. The van der Waals surface area contributed by atoms with Crippen LogP contribution in [0, 0.1) is 0 Å². The average molecular weight is 302 g/mol. The van der Waals surface area contributed by atoms with Gasteiger partial charge in [0.2, 0.25) is 0 Å². The summed E-state index contributed by atoms with van der Waals surface area (Å²) >= 11 is 0. The minimum absolute atomic E-state index is 0.262. The number of nitrogens with zero attached hydrogens (tertiary/aromatic N) is 1. The number of piperidine rings is 1. The van der Waals surface area contributed by atoms with E-state index in [4.69, 9.17) is 0 Å². The lowest BCUT2D eigenvalue weighted by atomic mass is 9.88. The Morgan fingerprint density at radius 1 is 1.14 bits per heavy atom. The summed E-state index contributed by atoms with van der Waals surface area (Å²) in [6.45, 7) is 0.844. The van der Waals surface area contributed by atoms with Crippen LogP contribution >= 0.6 is 0 Å². The molecule has 0 saturated carbocycles. The van der Waals surface area contributed by atoms with E-state index in [0.29, 0.717) is 25.9 Å². The Morgan fingerprint density at radius 2 is 1.76 bits per heavy atom. The van der Waals surface area contributed by atoms with Crippen molar-refractivity contribution in [3.63, 3.8) is 0 Å². The Labute approximate surface area is 122 Å². The van der Waals surface area contributed by atoms with Gasteiger partial charge in [0.25, 0.3) is 0 Å². The van der Waals surface area contributed by atoms with Crippen LogP contribution in [-0.2, 0) is 6.54 Å². The molecule has 0 radical (unpaired) electrons. The molecule has 118 valence electrons. The van der Waals surface area contributed by atoms with E-state index in [1.165, 1.54) is 5.56 Å². The van der Waals surface area contributed by atoms with Crippen LogP contribution in [0.25, 0.3) is 0 Å². The first-order valence-corrected chi connectivity index (χ1v) is 7.11. The molecular weight excluding hydrogens is 281 g/mol. The quantitative estimate of drug-likeness (QED) is 0.875. The van der Waals surface area contributed by atoms with E-state index in [0.717, 1.165) is 6.54 Å². The van der Waals surface area contributed by atoms with Crippen LogP contribution < -0.4 is 5.32 Å². The second-order valence-corrected chi connectivity index (χ2v) is 5.67. The highest BCUT2D eigenvalue weighted by Gasteiger charge is 2.37. The number of nitrogens with one attached hydrogen (secondary N) is 1. The lowest BCUT2D eigenvalue weighted by Gasteiger charge is -2.41. The van der Waals surface area contributed by atoms with E-state index < -0.39 is 18.3 Å². The van der Waals surface area contributed by atoms with Crippen molar-refractivity contribution in [2.24, 2.45) is 0 Å². The Bertz CT molecular complexity index is 428. The van der Waals surface area contributed by atoms with Gasteiger partial charge in [-0.1, -0.05) is 30.3 Å². The molecular formula is C15H21F3N2O. The van der Waals surface area contributed by atoms with Crippen LogP contribution in [0.5, 0.6) is 0 Å². The van der Waals surface area contributed by atoms with Gasteiger partial charge in [0, 0.05) is 25.2 Å². The van der Waals surface area contributed by atoms with Crippen LogP contribution in [-0.4, -0.2) is 48.0 Å². The molecule has 2 N–H and O–H groups in total. The number of aliphatic hydroxyl groups excluding tert-OH is 1. The molecule has 1 aliphatic rings. The molecule has 0 atom stereocenters. The van der Waals surface area contributed by atoms with Crippen LogP contribution in [0.2, 0.25) is 0 Å². The van der Waals surface area contributed by atoms with Crippen LogP contribution in [0.1, 0.15) is 18.4 Å². The molecule has 0 unspecified atom stereocenters. The summed E-state index contributed by atoms with van der Waals surface area (Å²) in [6.07, 6.45) is -3.21. The number of rotatable bonds is 5. The first-order chi connectivity index (χ1) is 9.92. The molecule has 1 saturated heterocycles. The predicted octanol–water partition coefficient (Wildman–Crippen LogP) is 2.17. The third kappa shape index (κ3) is 4.98. The van der Waals surface area contributed by atoms with Crippen LogP contribution in [0.15, 0.2) is 30.3 Å². The normalized spacial score (nSPS) is 19.6. The highest BCUT2D eigenvalue weighted by molar-refractivity contribution is 5.14. The first-order valence-electron chi connectivity index (χ1n) is 7.11. The lowest BCUT2D eigenvalue weighted by molar-refractivity contribution is -0.131. The number of aliphatic hydroxyl groups is 1. The van der Waals surface area contributed by atoms with E-state index in [9.17, 15) is 18.3 Å². The first kappa shape index (κ1) is 16.3. The number of benzene rings is 1. The van der Waals surface area contributed by atoms with Crippen LogP contribution in [0.3, 0.4) is 0 Å². The van der Waals surface area contributed by atoms with Crippen molar-refractivity contribution < 1.29 is 18.3 Å². The van der Waals surface area contributed by atoms with Gasteiger partial charge in [0.05, 0.1) is 13.2 Å². The Balaban J connectivity index is 1.85. The molecule has 21 heavy (non-hydrogen) atoms. The molecule has 0 aliphatic carbocycles. The van der Waals surface area contributed by atoms with Gasteiger partial charge in [0.15, 0.2) is 0 Å². The molecule has 1 aromatic rings. The summed E-state index contributed by atoms with van der Waals surface area (Å²) < 4.78 is 37.0. The Hall–Kier alpha value is -1.11. The van der Waals surface area contributed by atoms with Gasteiger partial charge in [-0.15, -0.1) is 0 Å². The van der Waals surface area contributed by atoms with Crippen molar-refractivity contribution in [2.45, 2.75) is 31.1 Å². The minimum Gasteiger partial charge on any atom is -0.394 e. The van der Waals surface area contributed by atoms with Crippen molar-refractivity contribution in [3.8, 4) is 0 Å². The predicted molar refractivity (Wildman–Crippen MR) is 74.8 cm³/mol. The minimum atomic E-state index is -4.25. The molecule has 0 bridgehead atoms. The summed E-state index contributed by atoms with van der Waals surface area (Å²) in [5.74, 6) is 0. The highest BCUT2D eigenvalue weighted by atomic mass is 19.4. The summed E-state index contributed by atoms with van der Waals surface area (Å²) in [4.78, 5) is 2.21. The fraction of sp³-hybridized carbons (Fsp3) is 0.600. The van der Waals surface area contributed by atoms with Crippen molar-refractivity contribution in [2.75, 3.05) is 26.2 Å². The van der Waals surface area contributed by atoms with E-state index >= 15 is 0 Å². The summed E-state index contributed by atoms with van der Waals surface area (Å²) in [5.41, 5.74) is 0.389. The number of alkyl halides is 3. The number of halogens is 3. The van der Waals surface area contributed by atoms with Gasteiger partial charge in [-0.25, -0.2) is 0 Å². The zero-order valence-corrected chi connectivity index (χ0v) is 11.9. The Morgan fingerprint density at radius 3 is 2.29 bits per heavy atom. The highest BCUT2D eigenvalue weighted by Crippen LogP contribution is 2.25. The molecule has 1 aliphatic heterocycles.